The van der Waals surface area contributed by atoms with Crippen molar-refractivity contribution in [2.45, 2.75) is 45.6 Å². The number of aromatic nitrogens is 3. The Balaban J connectivity index is 1.67. The second kappa shape index (κ2) is 8.53. The maximum absolute atomic E-state index is 13.5. The van der Waals surface area contributed by atoms with Gasteiger partial charge in [0.05, 0.1) is 17.6 Å². The zero-order valence-corrected chi connectivity index (χ0v) is 17.9. The van der Waals surface area contributed by atoms with Crippen LogP contribution in [0, 0.1) is 12.8 Å². The lowest BCUT2D eigenvalue weighted by molar-refractivity contribution is 0.00423. The van der Waals surface area contributed by atoms with Crippen molar-refractivity contribution in [2.75, 3.05) is 0 Å². The second-order valence-corrected chi connectivity index (χ2v) is 8.20. The first-order chi connectivity index (χ1) is 14.9. The van der Waals surface area contributed by atoms with Crippen LogP contribution in [0.4, 0.5) is 14.5 Å². The summed E-state index contributed by atoms with van der Waals surface area (Å²) in [6, 6.07) is 10.0. The monoisotopic (exact) mass is 420 g/mol. The standard InChI is InChI=1S/C25H26F2N4/c1-4-5-19-7-8-20(12-23(19)28-3)24-22(9-6-17(2)30-24)21-14-29-31(16-21)15-18-10-11-25(26,27)13-18/h4-9,12,14,16,18H,3,10-11,13,15H2,1-2H3/b5-4-/t18-/m0/s1. The highest BCUT2D eigenvalue weighted by molar-refractivity contribution is 5.83. The van der Waals surface area contributed by atoms with E-state index in [-0.39, 0.29) is 18.8 Å². The molecule has 160 valence electrons. The van der Waals surface area contributed by atoms with Crippen LogP contribution in [0.2, 0.25) is 0 Å². The Bertz CT molecular complexity index is 1130. The van der Waals surface area contributed by atoms with E-state index < -0.39 is 5.92 Å². The van der Waals surface area contributed by atoms with Crippen LogP contribution in [-0.2, 0) is 6.54 Å². The second-order valence-electron chi connectivity index (χ2n) is 8.20. The molecule has 2 aromatic heterocycles. The summed E-state index contributed by atoms with van der Waals surface area (Å²) in [6.07, 6.45) is 8.12. The van der Waals surface area contributed by atoms with Crippen molar-refractivity contribution >= 4 is 18.5 Å². The minimum Gasteiger partial charge on any atom is -0.272 e. The molecule has 0 radical (unpaired) electrons. The normalized spacial score (nSPS) is 18.0. The number of alkyl halides is 2. The van der Waals surface area contributed by atoms with Gasteiger partial charge in [-0.2, -0.15) is 5.10 Å². The summed E-state index contributed by atoms with van der Waals surface area (Å²) in [5, 5.41) is 4.44. The minimum atomic E-state index is -2.54. The van der Waals surface area contributed by atoms with Gasteiger partial charge in [-0.1, -0.05) is 30.4 Å². The van der Waals surface area contributed by atoms with Crippen LogP contribution in [0.3, 0.4) is 0 Å². The number of halogens is 2. The fourth-order valence-electron chi connectivity index (χ4n) is 4.22. The molecule has 1 fully saturated rings. The largest absolute Gasteiger partial charge is 0.272 e. The minimum absolute atomic E-state index is 0.0271. The Morgan fingerprint density at radius 3 is 2.81 bits per heavy atom. The maximum Gasteiger partial charge on any atom is 0.248 e. The van der Waals surface area contributed by atoms with Crippen LogP contribution < -0.4 is 0 Å². The van der Waals surface area contributed by atoms with Crippen molar-refractivity contribution in [1.29, 1.82) is 0 Å². The average molecular weight is 421 g/mol. The van der Waals surface area contributed by atoms with Crippen LogP contribution >= 0.6 is 0 Å². The molecule has 4 nitrogen and oxygen atoms in total. The van der Waals surface area contributed by atoms with Crippen LogP contribution in [0.1, 0.15) is 37.4 Å². The molecular formula is C25H26F2N4. The molecule has 1 aliphatic carbocycles. The average Bonchev–Trinajstić information content (AvgIpc) is 3.34. The fourth-order valence-corrected chi connectivity index (χ4v) is 4.22. The zero-order chi connectivity index (χ0) is 22.0. The molecule has 0 saturated heterocycles. The lowest BCUT2D eigenvalue weighted by Crippen LogP contribution is -2.13. The third-order valence-corrected chi connectivity index (χ3v) is 5.75. The van der Waals surface area contributed by atoms with Gasteiger partial charge >= 0.3 is 0 Å². The van der Waals surface area contributed by atoms with Crippen LogP contribution in [-0.4, -0.2) is 27.4 Å². The van der Waals surface area contributed by atoms with Crippen LogP contribution in [0.25, 0.3) is 28.5 Å². The molecule has 6 heteroatoms. The molecule has 3 aromatic rings. The van der Waals surface area contributed by atoms with E-state index >= 15 is 0 Å². The predicted molar refractivity (Wildman–Crippen MR) is 122 cm³/mol. The molecule has 1 saturated carbocycles. The number of rotatable bonds is 6. The summed E-state index contributed by atoms with van der Waals surface area (Å²) < 4.78 is 28.8. The number of hydrogen-bond donors (Lipinski definition) is 0. The van der Waals surface area contributed by atoms with Gasteiger partial charge in [-0.3, -0.25) is 14.7 Å². The van der Waals surface area contributed by atoms with E-state index in [2.05, 4.69) is 16.8 Å². The number of aryl methyl sites for hydroxylation is 1. The first-order valence-corrected chi connectivity index (χ1v) is 10.5. The predicted octanol–water partition coefficient (Wildman–Crippen LogP) is 6.72. The Hall–Kier alpha value is -3.15. The topological polar surface area (TPSA) is 43.1 Å². The first-order valence-electron chi connectivity index (χ1n) is 10.5. The SMILES string of the molecule is C=Nc1cc(-c2nc(C)ccc2-c2cnn(C[C@H]3CCC(F)(F)C3)c2)ccc1/C=C\C. The van der Waals surface area contributed by atoms with Crippen molar-refractivity contribution in [3.8, 4) is 22.4 Å². The van der Waals surface area contributed by atoms with E-state index in [1.807, 2.05) is 62.5 Å². The number of pyridine rings is 1. The van der Waals surface area contributed by atoms with E-state index in [9.17, 15) is 8.78 Å². The van der Waals surface area contributed by atoms with E-state index in [1.165, 1.54) is 0 Å². The van der Waals surface area contributed by atoms with Gasteiger partial charge in [0.15, 0.2) is 0 Å². The lowest BCUT2D eigenvalue weighted by atomic mass is 9.99. The van der Waals surface area contributed by atoms with Crippen molar-refractivity contribution < 1.29 is 8.78 Å². The van der Waals surface area contributed by atoms with E-state index in [0.29, 0.717) is 13.0 Å². The number of benzene rings is 1. The molecule has 1 atom stereocenters. The highest BCUT2D eigenvalue weighted by Crippen LogP contribution is 2.40. The van der Waals surface area contributed by atoms with Gasteiger partial charge in [-0.15, -0.1) is 0 Å². The fraction of sp³-hybridized carbons (Fsp3) is 0.320. The lowest BCUT2D eigenvalue weighted by Gasteiger charge is -2.11. The first kappa shape index (κ1) is 21.1. The van der Waals surface area contributed by atoms with Gasteiger partial charge in [-0.25, -0.2) is 8.78 Å². The Labute approximate surface area is 181 Å². The molecule has 0 aliphatic heterocycles. The molecular weight excluding hydrogens is 394 g/mol. The van der Waals surface area contributed by atoms with Crippen molar-refractivity contribution in [2.24, 2.45) is 10.9 Å². The van der Waals surface area contributed by atoms with E-state index in [4.69, 9.17) is 4.98 Å². The van der Waals surface area contributed by atoms with Crippen LogP contribution in [0.5, 0.6) is 0 Å². The molecule has 0 amide bonds. The smallest absolute Gasteiger partial charge is 0.248 e. The number of allylic oxidation sites excluding steroid dienone is 1. The summed E-state index contributed by atoms with van der Waals surface area (Å²) >= 11 is 0. The summed E-state index contributed by atoms with van der Waals surface area (Å²) in [7, 11) is 0. The molecule has 2 heterocycles. The Morgan fingerprint density at radius 1 is 1.26 bits per heavy atom. The molecule has 0 spiro atoms. The van der Waals surface area contributed by atoms with Crippen molar-refractivity contribution in [1.82, 2.24) is 14.8 Å². The summed E-state index contributed by atoms with van der Waals surface area (Å²) in [4.78, 5) is 8.95. The highest BCUT2D eigenvalue weighted by Gasteiger charge is 2.39. The Morgan fingerprint density at radius 2 is 2.10 bits per heavy atom. The van der Waals surface area contributed by atoms with Crippen molar-refractivity contribution in [3.63, 3.8) is 0 Å². The van der Waals surface area contributed by atoms with E-state index in [0.717, 1.165) is 39.3 Å². The van der Waals surface area contributed by atoms with Gasteiger partial charge in [0.1, 0.15) is 0 Å². The third-order valence-electron chi connectivity index (χ3n) is 5.75. The number of nitrogens with zero attached hydrogens (tertiary/aromatic N) is 4. The highest BCUT2D eigenvalue weighted by atomic mass is 19.3. The van der Waals surface area contributed by atoms with Gasteiger partial charge < -0.3 is 0 Å². The molecule has 31 heavy (non-hydrogen) atoms. The number of hydrogen-bond acceptors (Lipinski definition) is 3. The molecule has 0 unspecified atom stereocenters. The molecule has 1 aromatic carbocycles. The van der Waals surface area contributed by atoms with Gasteiger partial charge in [-0.05, 0) is 50.6 Å². The summed E-state index contributed by atoms with van der Waals surface area (Å²) in [5.41, 5.74) is 6.34. The summed E-state index contributed by atoms with van der Waals surface area (Å²) in [6.45, 7) is 8.12. The molecule has 4 rings (SSSR count). The van der Waals surface area contributed by atoms with Gasteiger partial charge in [0, 0.05) is 48.0 Å². The van der Waals surface area contributed by atoms with E-state index in [1.54, 1.807) is 10.9 Å². The zero-order valence-electron chi connectivity index (χ0n) is 17.9. The number of aliphatic imine (C=N–C) groups is 1. The quantitative estimate of drug-likeness (QED) is 0.415. The third kappa shape index (κ3) is 4.63. The Kier molecular flexibility index (Phi) is 5.81. The van der Waals surface area contributed by atoms with Gasteiger partial charge in [0.25, 0.3) is 0 Å². The van der Waals surface area contributed by atoms with Crippen LogP contribution in [0.15, 0.2) is 53.8 Å². The molecule has 0 bridgehead atoms. The summed E-state index contributed by atoms with van der Waals surface area (Å²) in [5.74, 6) is -2.58. The van der Waals surface area contributed by atoms with Gasteiger partial charge in [0.2, 0.25) is 5.92 Å². The molecule has 0 N–H and O–H groups in total. The molecule has 1 aliphatic rings. The maximum atomic E-state index is 13.5. The van der Waals surface area contributed by atoms with Crippen molar-refractivity contribution in [3.05, 3.63) is 60.1 Å².